The third kappa shape index (κ3) is 2.69. The molecule has 0 bridgehead atoms. The van der Waals surface area contributed by atoms with Crippen LogP contribution in [0, 0.1) is 5.92 Å². The Morgan fingerprint density at radius 2 is 2.08 bits per heavy atom. The van der Waals surface area contributed by atoms with Crippen LogP contribution in [0.2, 0.25) is 0 Å². The molecule has 1 aliphatic heterocycles. The molecule has 1 fully saturated rings. The molecule has 13 heavy (non-hydrogen) atoms. The van der Waals surface area contributed by atoms with Gasteiger partial charge in [0, 0.05) is 26.6 Å². The molecule has 0 aliphatic carbocycles. The number of hydrogen-bond donors (Lipinski definition) is 0. The fourth-order valence-corrected chi connectivity index (χ4v) is 1.79. The van der Waals surface area contributed by atoms with Crippen molar-refractivity contribution < 1.29 is 4.79 Å². The maximum absolute atomic E-state index is 11.3. The minimum absolute atomic E-state index is 0.215. The normalized spacial score (nSPS) is 18.8. The second kappa shape index (κ2) is 4.09. The molecule has 0 aromatic heterocycles. The topological polar surface area (TPSA) is 23.6 Å². The van der Waals surface area contributed by atoms with Gasteiger partial charge in [-0.05, 0) is 13.0 Å². The predicted octanol–water partition coefficient (Wildman–Crippen LogP) is 0.805. The lowest BCUT2D eigenvalue weighted by molar-refractivity contribution is -0.135. The van der Waals surface area contributed by atoms with Gasteiger partial charge in [-0.1, -0.05) is 13.8 Å². The molecule has 3 heteroatoms. The highest BCUT2D eigenvalue weighted by atomic mass is 16.2. The van der Waals surface area contributed by atoms with E-state index in [9.17, 15) is 4.79 Å². The monoisotopic (exact) mass is 184 g/mol. The van der Waals surface area contributed by atoms with E-state index in [2.05, 4.69) is 25.8 Å². The lowest BCUT2D eigenvalue weighted by Crippen LogP contribution is -2.59. The number of carbonyl (C=O) groups excluding carboxylic acids is 1. The maximum atomic E-state index is 11.3. The van der Waals surface area contributed by atoms with Gasteiger partial charge in [-0.3, -0.25) is 4.79 Å². The first-order valence-electron chi connectivity index (χ1n) is 4.96. The Bertz CT molecular complexity index is 185. The standard InChI is InChI=1S/C10H20N2O/c1-8(2)5-12(9(3)13)10-6-11(4)7-10/h8,10H,5-7H2,1-4H3. The third-order valence-electron chi connectivity index (χ3n) is 2.45. The van der Waals surface area contributed by atoms with Gasteiger partial charge in [0.05, 0.1) is 6.04 Å². The second-order valence-corrected chi connectivity index (χ2v) is 4.44. The molecule has 0 N–H and O–H groups in total. The Labute approximate surface area is 80.7 Å². The van der Waals surface area contributed by atoms with Crippen molar-refractivity contribution in [2.24, 2.45) is 5.92 Å². The number of hydrogen-bond acceptors (Lipinski definition) is 2. The molecule has 0 unspecified atom stereocenters. The van der Waals surface area contributed by atoms with Crippen molar-refractivity contribution in [3.8, 4) is 0 Å². The SMILES string of the molecule is CC(=O)N(CC(C)C)C1CN(C)C1. The van der Waals surface area contributed by atoms with Gasteiger partial charge in [-0.2, -0.15) is 0 Å². The molecule has 0 atom stereocenters. The molecule has 0 aromatic carbocycles. The van der Waals surface area contributed by atoms with E-state index in [4.69, 9.17) is 0 Å². The van der Waals surface area contributed by atoms with Crippen molar-refractivity contribution >= 4 is 5.91 Å². The lowest BCUT2D eigenvalue weighted by Gasteiger charge is -2.44. The van der Waals surface area contributed by atoms with Crippen LogP contribution in [0.5, 0.6) is 0 Å². The zero-order valence-electron chi connectivity index (χ0n) is 9.08. The first kappa shape index (κ1) is 10.5. The summed E-state index contributed by atoms with van der Waals surface area (Å²) in [4.78, 5) is 15.6. The summed E-state index contributed by atoms with van der Waals surface area (Å²) in [6.45, 7) is 8.93. The van der Waals surface area contributed by atoms with E-state index >= 15 is 0 Å². The molecule has 0 saturated carbocycles. The summed E-state index contributed by atoms with van der Waals surface area (Å²) in [6.07, 6.45) is 0. The number of likely N-dealkylation sites (N-methyl/N-ethyl adjacent to an activating group) is 1. The van der Waals surface area contributed by atoms with Gasteiger partial charge in [-0.15, -0.1) is 0 Å². The summed E-state index contributed by atoms with van der Waals surface area (Å²) < 4.78 is 0. The molecule has 0 aromatic rings. The highest BCUT2D eigenvalue weighted by molar-refractivity contribution is 5.73. The van der Waals surface area contributed by atoms with Crippen LogP contribution in [-0.4, -0.2) is 48.4 Å². The second-order valence-electron chi connectivity index (χ2n) is 4.44. The minimum atomic E-state index is 0.215. The summed E-state index contributed by atoms with van der Waals surface area (Å²) in [7, 11) is 2.09. The average Bonchev–Trinajstić information content (AvgIpc) is 1.94. The Morgan fingerprint density at radius 1 is 1.54 bits per heavy atom. The van der Waals surface area contributed by atoms with Gasteiger partial charge in [0.1, 0.15) is 0 Å². The Morgan fingerprint density at radius 3 is 2.38 bits per heavy atom. The number of rotatable bonds is 3. The fourth-order valence-electron chi connectivity index (χ4n) is 1.79. The maximum Gasteiger partial charge on any atom is 0.219 e. The minimum Gasteiger partial charge on any atom is -0.337 e. The zero-order valence-corrected chi connectivity index (χ0v) is 9.08. The summed E-state index contributed by atoms with van der Waals surface area (Å²) in [5, 5.41) is 0. The molecule has 1 heterocycles. The molecule has 3 nitrogen and oxygen atoms in total. The Kier molecular flexibility index (Phi) is 3.31. The van der Waals surface area contributed by atoms with Gasteiger partial charge in [0.25, 0.3) is 0 Å². The van der Waals surface area contributed by atoms with Gasteiger partial charge >= 0.3 is 0 Å². The van der Waals surface area contributed by atoms with Crippen LogP contribution < -0.4 is 0 Å². The van der Waals surface area contributed by atoms with Crippen LogP contribution in [0.1, 0.15) is 20.8 Å². The molecule has 76 valence electrons. The summed E-state index contributed by atoms with van der Waals surface area (Å²) >= 11 is 0. The van der Waals surface area contributed by atoms with Crippen molar-refractivity contribution in [1.29, 1.82) is 0 Å². The highest BCUT2D eigenvalue weighted by Gasteiger charge is 2.30. The molecule has 1 aliphatic rings. The van der Waals surface area contributed by atoms with Gasteiger partial charge in [0.2, 0.25) is 5.91 Å². The quantitative estimate of drug-likeness (QED) is 0.648. The predicted molar refractivity (Wildman–Crippen MR) is 53.5 cm³/mol. The fraction of sp³-hybridized carbons (Fsp3) is 0.900. The van der Waals surface area contributed by atoms with E-state index in [1.54, 1.807) is 6.92 Å². The third-order valence-corrected chi connectivity index (χ3v) is 2.45. The van der Waals surface area contributed by atoms with Crippen LogP contribution in [0.3, 0.4) is 0 Å². The van der Waals surface area contributed by atoms with Crippen LogP contribution in [0.25, 0.3) is 0 Å². The van der Waals surface area contributed by atoms with E-state index in [1.807, 2.05) is 4.90 Å². The molecular weight excluding hydrogens is 164 g/mol. The molecule has 1 saturated heterocycles. The Hall–Kier alpha value is -0.570. The molecule has 0 spiro atoms. The summed E-state index contributed by atoms with van der Waals surface area (Å²) in [6, 6.07) is 0.463. The van der Waals surface area contributed by atoms with Crippen molar-refractivity contribution in [3.05, 3.63) is 0 Å². The van der Waals surface area contributed by atoms with Crippen molar-refractivity contribution in [2.75, 3.05) is 26.7 Å². The van der Waals surface area contributed by atoms with E-state index < -0.39 is 0 Å². The summed E-state index contributed by atoms with van der Waals surface area (Å²) in [5.41, 5.74) is 0. The first-order chi connectivity index (χ1) is 6.00. The van der Waals surface area contributed by atoms with Gasteiger partial charge in [0.15, 0.2) is 0 Å². The van der Waals surface area contributed by atoms with E-state index in [1.165, 1.54) is 0 Å². The van der Waals surface area contributed by atoms with Crippen molar-refractivity contribution in [2.45, 2.75) is 26.8 Å². The number of likely N-dealkylation sites (tertiary alicyclic amines) is 1. The summed E-state index contributed by atoms with van der Waals surface area (Å²) in [5.74, 6) is 0.779. The van der Waals surface area contributed by atoms with Crippen molar-refractivity contribution in [3.63, 3.8) is 0 Å². The Balaban J connectivity index is 2.43. The lowest BCUT2D eigenvalue weighted by atomic mass is 10.1. The number of nitrogens with zero attached hydrogens (tertiary/aromatic N) is 2. The van der Waals surface area contributed by atoms with Crippen LogP contribution in [0.4, 0.5) is 0 Å². The van der Waals surface area contributed by atoms with Gasteiger partial charge < -0.3 is 9.80 Å². The van der Waals surface area contributed by atoms with E-state index in [0.29, 0.717) is 12.0 Å². The molecule has 1 amide bonds. The van der Waals surface area contributed by atoms with Crippen LogP contribution in [-0.2, 0) is 4.79 Å². The molecule has 0 radical (unpaired) electrons. The van der Waals surface area contributed by atoms with Crippen LogP contribution >= 0.6 is 0 Å². The number of carbonyl (C=O) groups is 1. The first-order valence-corrected chi connectivity index (χ1v) is 4.96. The molecular formula is C10H20N2O. The van der Waals surface area contributed by atoms with Gasteiger partial charge in [-0.25, -0.2) is 0 Å². The smallest absolute Gasteiger partial charge is 0.219 e. The highest BCUT2D eigenvalue weighted by Crippen LogP contribution is 2.14. The van der Waals surface area contributed by atoms with E-state index in [-0.39, 0.29) is 5.91 Å². The van der Waals surface area contributed by atoms with E-state index in [0.717, 1.165) is 19.6 Å². The van der Waals surface area contributed by atoms with Crippen molar-refractivity contribution in [1.82, 2.24) is 9.80 Å². The zero-order chi connectivity index (χ0) is 10.0. The molecule has 1 rings (SSSR count). The van der Waals surface area contributed by atoms with Crippen LogP contribution in [0.15, 0.2) is 0 Å². The largest absolute Gasteiger partial charge is 0.337 e. The average molecular weight is 184 g/mol. The number of amides is 1.